The van der Waals surface area contributed by atoms with Gasteiger partial charge in [-0.1, -0.05) is 6.07 Å². The zero-order valence-corrected chi connectivity index (χ0v) is 15.1. The van der Waals surface area contributed by atoms with Crippen LogP contribution in [0.15, 0.2) is 35.1 Å². The van der Waals surface area contributed by atoms with Gasteiger partial charge in [0.05, 0.1) is 15.4 Å². The number of carboxylic acid groups (broad SMARTS) is 1. The molecule has 2 atom stereocenters. The highest BCUT2D eigenvalue weighted by molar-refractivity contribution is 5.92. The highest BCUT2D eigenvalue weighted by Gasteiger charge is 2.40. The number of fused-ring (bicyclic) bond motifs is 4. The highest BCUT2D eigenvalue weighted by atomic mass is 16.6. The fourth-order valence-electron chi connectivity index (χ4n) is 4.41. The van der Waals surface area contributed by atoms with Crippen LogP contribution >= 0.6 is 0 Å². The zero-order valence-electron chi connectivity index (χ0n) is 15.1. The van der Waals surface area contributed by atoms with Crippen LogP contribution in [-0.2, 0) is 6.54 Å². The lowest BCUT2D eigenvalue weighted by molar-refractivity contribution is -0.392. The van der Waals surface area contributed by atoms with E-state index >= 15 is 0 Å². The molecule has 0 spiro atoms. The van der Waals surface area contributed by atoms with Gasteiger partial charge in [0.15, 0.2) is 5.69 Å². The topological polar surface area (TPSA) is 149 Å². The molecule has 0 radical (unpaired) electrons. The first-order valence-corrected chi connectivity index (χ1v) is 8.91. The Hall–Kier alpha value is -3.76. The van der Waals surface area contributed by atoms with Crippen LogP contribution in [0.3, 0.4) is 0 Å². The lowest BCUT2D eigenvalue weighted by Crippen LogP contribution is -2.47. The number of hydrogen-bond acceptors (Lipinski definition) is 7. The molecular weight excluding hydrogens is 384 g/mol. The Labute approximate surface area is 163 Å². The maximum absolute atomic E-state index is 12.1. The van der Waals surface area contributed by atoms with Crippen molar-refractivity contribution in [3.05, 3.63) is 72.2 Å². The Kier molecular flexibility index (Phi) is 4.29. The minimum atomic E-state index is -1.48. The molecule has 2 bridgehead atoms. The summed E-state index contributed by atoms with van der Waals surface area (Å²) in [6, 6.07) is 6.66. The van der Waals surface area contributed by atoms with E-state index in [9.17, 15) is 34.9 Å². The molecule has 1 aromatic heterocycles. The van der Waals surface area contributed by atoms with Gasteiger partial charge in [-0.25, -0.2) is 4.79 Å². The first-order valence-electron chi connectivity index (χ1n) is 8.91. The third kappa shape index (κ3) is 3.10. The van der Waals surface area contributed by atoms with E-state index in [4.69, 9.17) is 0 Å². The molecule has 11 nitrogen and oxygen atoms in total. The molecule has 1 aromatic carbocycles. The number of anilines is 1. The molecule has 11 heteroatoms. The number of piperidine rings is 1. The van der Waals surface area contributed by atoms with E-state index in [0.29, 0.717) is 13.1 Å². The van der Waals surface area contributed by atoms with Crippen molar-refractivity contribution in [3.63, 3.8) is 0 Å². The predicted molar refractivity (Wildman–Crippen MR) is 100 cm³/mol. The van der Waals surface area contributed by atoms with Gasteiger partial charge in [0.25, 0.3) is 5.56 Å². The van der Waals surface area contributed by atoms with Crippen molar-refractivity contribution in [2.24, 2.45) is 5.92 Å². The van der Waals surface area contributed by atoms with Crippen molar-refractivity contribution in [3.8, 4) is 0 Å². The molecule has 0 amide bonds. The average molecular weight is 400 g/mol. The first-order chi connectivity index (χ1) is 13.8. The van der Waals surface area contributed by atoms with E-state index in [-0.39, 0.29) is 29.6 Å². The monoisotopic (exact) mass is 400 g/mol. The molecule has 2 unspecified atom stereocenters. The Morgan fingerprint density at radius 3 is 2.31 bits per heavy atom. The largest absolute Gasteiger partial charge is 0.478 e. The second-order valence-corrected chi connectivity index (χ2v) is 7.29. The van der Waals surface area contributed by atoms with Gasteiger partial charge < -0.3 is 14.6 Å². The molecule has 2 aromatic rings. The molecule has 29 heavy (non-hydrogen) atoms. The molecule has 0 saturated carbocycles. The van der Waals surface area contributed by atoms with Gasteiger partial charge in [-0.15, -0.1) is 0 Å². The van der Waals surface area contributed by atoms with E-state index in [1.807, 2.05) is 6.07 Å². The number of aromatic nitrogens is 1. The number of aromatic carboxylic acids is 1. The summed E-state index contributed by atoms with van der Waals surface area (Å²) < 4.78 is 1.69. The molecule has 150 valence electrons. The lowest BCUT2D eigenvalue weighted by Gasteiger charge is -2.43. The van der Waals surface area contributed by atoms with Gasteiger partial charge in [-0.05, 0) is 18.4 Å². The molecule has 4 rings (SSSR count). The standard InChI is InChI=1S/C18H16N4O7/c23-16-3-1-2-13-12-4-10(8-20(13)16)7-19(9-12)17-14(21(26)27)5-11(18(24)25)6-15(17)22(28)29/h1-3,5-6,10,12H,4,7-9H2,(H,24,25). The molecule has 1 N–H and O–H groups in total. The summed E-state index contributed by atoms with van der Waals surface area (Å²) in [5.41, 5.74) is -1.24. The molecule has 1 saturated heterocycles. The van der Waals surface area contributed by atoms with E-state index in [1.165, 1.54) is 6.07 Å². The predicted octanol–water partition coefficient (Wildman–Crippen LogP) is 1.99. The van der Waals surface area contributed by atoms with E-state index < -0.39 is 32.8 Å². The summed E-state index contributed by atoms with van der Waals surface area (Å²) in [5.74, 6) is -1.61. The zero-order chi connectivity index (χ0) is 20.9. The molecule has 2 aliphatic rings. The van der Waals surface area contributed by atoms with Gasteiger partial charge in [-0.2, -0.15) is 0 Å². The lowest BCUT2D eigenvalue weighted by atomic mass is 9.82. The number of nitro benzene ring substituents is 2. The van der Waals surface area contributed by atoms with Crippen LogP contribution in [0, 0.1) is 26.1 Å². The number of benzene rings is 1. The summed E-state index contributed by atoms with van der Waals surface area (Å²) in [6.07, 6.45) is 0.773. The number of nitro groups is 2. The Morgan fingerprint density at radius 2 is 1.72 bits per heavy atom. The summed E-state index contributed by atoms with van der Waals surface area (Å²) >= 11 is 0. The molecule has 2 aliphatic heterocycles. The maximum atomic E-state index is 12.1. The second kappa shape index (κ2) is 6.69. The fraction of sp³-hybridized carbons (Fsp3) is 0.333. The molecule has 0 aliphatic carbocycles. The third-order valence-corrected chi connectivity index (χ3v) is 5.51. The number of hydrogen-bond donors (Lipinski definition) is 1. The molecule has 1 fully saturated rings. The number of nitrogens with zero attached hydrogens (tertiary/aromatic N) is 4. The third-order valence-electron chi connectivity index (χ3n) is 5.51. The van der Waals surface area contributed by atoms with Crippen LogP contribution in [-0.4, -0.2) is 38.6 Å². The van der Waals surface area contributed by atoms with Crippen LogP contribution in [0.4, 0.5) is 17.1 Å². The van der Waals surface area contributed by atoms with Gasteiger partial charge in [-0.3, -0.25) is 25.0 Å². The van der Waals surface area contributed by atoms with E-state index in [0.717, 1.165) is 24.2 Å². The van der Waals surface area contributed by atoms with E-state index in [2.05, 4.69) is 0 Å². The van der Waals surface area contributed by atoms with Crippen LogP contribution in [0.1, 0.15) is 28.4 Å². The molecule has 3 heterocycles. The van der Waals surface area contributed by atoms with Crippen molar-refractivity contribution in [1.29, 1.82) is 0 Å². The summed E-state index contributed by atoms with van der Waals surface area (Å²) in [5, 5.41) is 32.4. The van der Waals surface area contributed by atoms with Gasteiger partial charge >= 0.3 is 17.3 Å². The minimum Gasteiger partial charge on any atom is -0.478 e. The first kappa shape index (κ1) is 18.6. The number of carbonyl (C=O) groups is 1. The maximum Gasteiger partial charge on any atom is 0.336 e. The Bertz CT molecular complexity index is 1070. The Morgan fingerprint density at radius 1 is 1.07 bits per heavy atom. The quantitative estimate of drug-likeness (QED) is 0.605. The van der Waals surface area contributed by atoms with Crippen LogP contribution in [0.5, 0.6) is 0 Å². The number of rotatable bonds is 4. The van der Waals surface area contributed by atoms with Gasteiger partial charge in [0, 0.05) is 49.4 Å². The minimum absolute atomic E-state index is 0.0142. The van der Waals surface area contributed by atoms with Crippen molar-refractivity contribution in [2.75, 3.05) is 18.0 Å². The highest BCUT2D eigenvalue weighted by Crippen LogP contribution is 2.44. The summed E-state index contributed by atoms with van der Waals surface area (Å²) in [7, 11) is 0. The number of pyridine rings is 1. The molecular formula is C18H16N4O7. The second-order valence-electron chi connectivity index (χ2n) is 7.29. The van der Waals surface area contributed by atoms with Crippen molar-refractivity contribution < 1.29 is 19.7 Å². The van der Waals surface area contributed by atoms with Gasteiger partial charge in [0.1, 0.15) is 0 Å². The van der Waals surface area contributed by atoms with E-state index in [1.54, 1.807) is 15.5 Å². The Balaban J connectivity index is 1.84. The number of carboxylic acids is 1. The van der Waals surface area contributed by atoms with Crippen LogP contribution in [0.25, 0.3) is 0 Å². The van der Waals surface area contributed by atoms with Crippen molar-refractivity contribution >= 4 is 23.0 Å². The van der Waals surface area contributed by atoms with Crippen molar-refractivity contribution in [2.45, 2.75) is 18.9 Å². The average Bonchev–Trinajstić information content (AvgIpc) is 2.67. The van der Waals surface area contributed by atoms with Crippen LogP contribution in [0.2, 0.25) is 0 Å². The SMILES string of the molecule is O=C(O)c1cc([N+](=O)[O-])c(N2CC3CC(C2)c2cccc(=O)n2C3)c([N+](=O)[O-])c1. The fourth-order valence-corrected chi connectivity index (χ4v) is 4.41. The van der Waals surface area contributed by atoms with Crippen LogP contribution < -0.4 is 10.5 Å². The van der Waals surface area contributed by atoms with Gasteiger partial charge in [0.2, 0.25) is 0 Å². The summed E-state index contributed by atoms with van der Waals surface area (Å²) in [4.78, 5) is 46.7. The summed E-state index contributed by atoms with van der Waals surface area (Å²) in [6.45, 7) is 0.982. The van der Waals surface area contributed by atoms with Crippen molar-refractivity contribution in [1.82, 2.24) is 4.57 Å². The normalized spacial score (nSPS) is 20.1. The smallest absolute Gasteiger partial charge is 0.336 e.